The molecule has 2 aromatic rings. The highest BCUT2D eigenvalue weighted by atomic mass is 19.4. The van der Waals surface area contributed by atoms with Crippen LogP contribution < -0.4 is 5.32 Å². The van der Waals surface area contributed by atoms with E-state index in [-0.39, 0.29) is 5.91 Å². The zero-order chi connectivity index (χ0) is 20.0. The second-order valence-corrected chi connectivity index (χ2v) is 5.97. The number of benzene rings is 2. The number of alkyl halides is 3. The van der Waals surface area contributed by atoms with Crippen LogP contribution in [0.5, 0.6) is 0 Å². The van der Waals surface area contributed by atoms with Crippen molar-refractivity contribution in [1.82, 2.24) is 5.32 Å². The van der Waals surface area contributed by atoms with E-state index in [0.717, 1.165) is 17.7 Å². The van der Waals surface area contributed by atoms with Gasteiger partial charge in [0.05, 0.1) is 5.56 Å². The molecular formula is C22H20F3NO. The minimum Gasteiger partial charge on any atom is -0.323 e. The van der Waals surface area contributed by atoms with Crippen molar-refractivity contribution in [3.63, 3.8) is 0 Å². The van der Waals surface area contributed by atoms with E-state index < -0.39 is 11.7 Å². The number of amides is 1. The standard InChI is InChI=1S/C22H20F3NO/c1-4-15(2)9-10-16(3)26-21(27)20-8-6-5-7-19(20)17-11-13-18(14-12-17)22(23,24)25/h4-14H,3H2,1-2H3,(H,26,27)/b10-9-,15-4-. The summed E-state index contributed by atoms with van der Waals surface area (Å²) in [7, 11) is 0. The van der Waals surface area contributed by atoms with E-state index >= 15 is 0 Å². The summed E-state index contributed by atoms with van der Waals surface area (Å²) >= 11 is 0. The smallest absolute Gasteiger partial charge is 0.323 e. The Hall–Kier alpha value is -3.08. The molecule has 2 rings (SSSR count). The molecule has 0 bridgehead atoms. The van der Waals surface area contributed by atoms with Crippen LogP contribution in [-0.4, -0.2) is 5.91 Å². The Kier molecular flexibility index (Phi) is 6.40. The van der Waals surface area contributed by atoms with Crippen LogP contribution in [0.25, 0.3) is 11.1 Å². The SMILES string of the molecule is C=C(/C=C\C(C)=C/C)NC(=O)c1ccccc1-c1ccc(C(F)(F)F)cc1. The maximum Gasteiger partial charge on any atom is 0.416 e. The maximum atomic E-state index is 12.7. The van der Waals surface area contributed by atoms with Crippen molar-refractivity contribution in [1.29, 1.82) is 0 Å². The van der Waals surface area contributed by atoms with Crippen molar-refractivity contribution in [2.75, 3.05) is 0 Å². The largest absolute Gasteiger partial charge is 0.416 e. The van der Waals surface area contributed by atoms with Gasteiger partial charge in [0.25, 0.3) is 5.91 Å². The molecule has 27 heavy (non-hydrogen) atoms. The van der Waals surface area contributed by atoms with Gasteiger partial charge in [0, 0.05) is 11.3 Å². The molecule has 0 radical (unpaired) electrons. The molecule has 140 valence electrons. The molecule has 1 N–H and O–H groups in total. The Morgan fingerprint density at radius 3 is 2.26 bits per heavy atom. The molecule has 2 aromatic carbocycles. The van der Waals surface area contributed by atoms with Crippen LogP contribution in [0.4, 0.5) is 13.2 Å². The molecule has 0 saturated carbocycles. The van der Waals surface area contributed by atoms with Crippen LogP contribution in [-0.2, 0) is 6.18 Å². The van der Waals surface area contributed by atoms with Gasteiger partial charge in [-0.05, 0) is 49.2 Å². The highest BCUT2D eigenvalue weighted by Gasteiger charge is 2.30. The topological polar surface area (TPSA) is 29.1 Å². The summed E-state index contributed by atoms with van der Waals surface area (Å²) in [6.07, 6.45) is 1.04. The first-order valence-corrected chi connectivity index (χ1v) is 8.30. The predicted octanol–water partition coefficient (Wildman–Crippen LogP) is 6.14. The molecule has 0 unspecified atom stereocenters. The van der Waals surface area contributed by atoms with Crippen LogP contribution in [0.3, 0.4) is 0 Å². The van der Waals surface area contributed by atoms with Crippen molar-refractivity contribution in [2.24, 2.45) is 0 Å². The number of carbonyl (C=O) groups excluding carboxylic acids is 1. The molecule has 0 aromatic heterocycles. The Bertz CT molecular complexity index is 891. The molecule has 0 aliphatic carbocycles. The van der Waals surface area contributed by atoms with Crippen LogP contribution in [0.15, 0.2) is 84.6 Å². The summed E-state index contributed by atoms with van der Waals surface area (Å²) in [5.74, 6) is -0.377. The van der Waals surface area contributed by atoms with Gasteiger partial charge in [0.1, 0.15) is 0 Å². The zero-order valence-corrected chi connectivity index (χ0v) is 15.1. The first kappa shape index (κ1) is 20.2. The summed E-state index contributed by atoms with van der Waals surface area (Å²) < 4.78 is 38.2. The second kappa shape index (κ2) is 8.54. The van der Waals surface area contributed by atoms with Crippen LogP contribution in [0.1, 0.15) is 29.8 Å². The van der Waals surface area contributed by atoms with Crippen molar-refractivity contribution >= 4 is 5.91 Å². The monoisotopic (exact) mass is 371 g/mol. The van der Waals surface area contributed by atoms with E-state index in [1.54, 1.807) is 30.3 Å². The number of hydrogen-bond donors (Lipinski definition) is 1. The number of hydrogen-bond acceptors (Lipinski definition) is 1. The Morgan fingerprint density at radius 1 is 1.04 bits per heavy atom. The number of nitrogens with one attached hydrogen (secondary N) is 1. The lowest BCUT2D eigenvalue weighted by atomic mass is 9.98. The molecular weight excluding hydrogens is 351 g/mol. The molecule has 0 fully saturated rings. The maximum absolute atomic E-state index is 12.7. The normalized spacial score (nSPS) is 12.3. The average Bonchev–Trinajstić information content (AvgIpc) is 2.65. The summed E-state index contributed by atoms with van der Waals surface area (Å²) in [5, 5.41) is 2.69. The van der Waals surface area contributed by atoms with E-state index in [1.807, 2.05) is 26.0 Å². The van der Waals surface area contributed by atoms with E-state index in [2.05, 4.69) is 11.9 Å². The molecule has 2 nitrogen and oxygen atoms in total. The minimum atomic E-state index is -4.40. The third-order valence-corrected chi connectivity index (χ3v) is 3.97. The van der Waals surface area contributed by atoms with E-state index in [1.165, 1.54) is 12.1 Å². The average molecular weight is 371 g/mol. The Balaban J connectivity index is 2.26. The minimum absolute atomic E-state index is 0.356. The van der Waals surface area contributed by atoms with Crippen molar-refractivity contribution in [3.8, 4) is 11.1 Å². The van der Waals surface area contributed by atoms with Crippen molar-refractivity contribution in [3.05, 3.63) is 95.7 Å². The van der Waals surface area contributed by atoms with Gasteiger partial charge in [-0.25, -0.2) is 0 Å². The fraction of sp³-hybridized carbons (Fsp3) is 0.136. The predicted molar refractivity (Wildman–Crippen MR) is 102 cm³/mol. The third-order valence-electron chi connectivity index (χ3n) is 3.97. The molecule has 1 amide bonds. The van der Waals surface area contributed by atoms with Gasteiger partial charge in [-0.2, -0.15) is 13.2 Å². The fourth-order valence-corrected chi connectivity index (χ4v) is 2.35. The quantitative estimate of drug-likeness (QED) is 0.629. The Labute approximate surface area is 156 Å². The van der Waals surface area contributed by atoms with Gasteiger partial charge < -0.3 is 5.32 Å². The molecule has 0 atom stereocenters. The first-order chi connectivity index (χ1) is 12.7. The highest BCUT2D eigenvalue weighted by molar-refractivity contribution is 6.01. The van der Waals surface area contributed by atoms with Crippen LogP contribution in [0, 0.1) is 0 Å². The fourth-order valence-electron chi connectivity index (χ4n) is 2.35. The summed E-state index contributed by atoms with van der Waals surface area (Å²) in [6, 6.07) is 11.5. The Morgan fingerprint density at radius 2 is 1.67 bits per heavy atom. The lowest BCUT2D eigenvalue weighted by Crippen LogP contribution is -2.22. The molecule has 0 aliphatic rings. The van der Waals surface area contributed by atoms with Gasteiger partial charge in [-0.15, -0.1) is 0 Å². The first-order valence-electron chi connectivity index (χ1n) is 8.30. The van der Waals surface area contributed by atoms with Crippen LogP contribution >= 0.6 is 0 Å². The van der Waals surface area contributed by atoms with Crippen LogP contribution in [0.2, 0.25) is 0 Å². The molecule has 0 heterocycles. The van der Waals surface area contributed by atoms with Gasteiger partial charge in [0.15, 0.2) is 0 Å². The van der Waals surface area contributed by atoms with E-state index in [4.69, 9.17) is 0 Å². The number of rotatable bonds is 5. The van der Waals surface area contributed by atoms with Crippen molar-refractivity contribution in [2.45, 2.75) is 20.0 Å². The zero-order valence-electron chi connectivity index (χ0n) is 15.1. The van der Waals surface area contributed by atoms with Crippen molar-refractivity contribution < 1.29 is 18.0 Å². The number of carbonyl (C=O) groups is 1. The molecule has 0 aliphatic heterocycles. The molecule has 0 saturated heterocycles. The molecule has 5 heteroatoms. The lowest BCUT2D eigenvalue weighted by Gasteiger charge is -2.12. The van der Waals surface area contributed by atoms with Gasteiger partial charge in [-0.3, -0.25) is 4.79 Å². The molecule has 0 spiro atoms. The summed E-state index contributed by atoms with van der Waals surface area (Å²) in [5.41, 5.74) is 2.14. The van der Waals surface area contributed by atoms with Gasteiger partial charge >= 0.3 is 6.18 Å². The summed E-state index contributed by atoms with van der Waals surface area (Å²) in [4.78, 5) is 12.6. The highest BCUT2D eigenvalue weighted by Crippen LogP contribution is 2.31. The third kappa shape index (κ3) is 5.45. The lowest BCUT2D eigenvalue weighted by molar-refractivity contribution is -0.137. The number of allylic oxidation sites excluding steroid dienone is 4. The summed E-state index contributed by atoms with van der Waals surface area (Å²) in [6.45, 7) is 7.62. The van der Waals surface area contributed by atoms with E-state index in [9.17, 15) is 18.0 Å². The number of halogens is 3. The van der Waals surface area contributed by atoms with Gasteiger partial charge in [-0.1, -0.05) is 54.6 Å². The second-order valence-electron chi connectivity index (χ2n) is 5.97. The van der Waals surface area contributed by atoms with E-state index in [0.29, 0.717) is 22.4 Å². The van der Waals surface area contributed by atoms with Gasteiger partial charge in [0.2, 0.25) is 0 Å².